The topological polar surface area (TPSA) is 65.1 Å². The van der Waals surface area contributed by atoms with Gasteiger partial charge in [-0.15, -0.1) is 0 Å². The molecular weight excluding hydrogens is 425 g/mol. The Morgan fingerprint density at radius 3 is 2.21 bits per heavy atom. The Hall–Kier alpha value is -3.35. The Balaban J connectivity index is 1.92. The Labute approximate surface area is 192 Å². The van der Waals surface area contributed by atoms with Crippen LogP contribution in [0.1, 0.15) is 44.6 Å². The van der Waals surface area contributed by atoms with Gasteiger partial charge in [-0.1, -0.05) is 19.9 Å². The lowest BCUT2D eigenvalue weighted by atomic mass is 9.69. The molecule has 1 amide bonds. The van der Waals surface area contributed by atoms with Crippen molar-refractivity contribution in [1.29, 1.82) is 0 Å². The number of anilines is 1. The van der Waals surface area contributed by atoms with E-state index in [1.54, 1.807) is 24.3 Å². The monoisotopic (exact) mass is 453 g/mol. The van der Waals surface area contributed by atoms with E-state index in [4.69, 9.17) is 14.2 Å². The average molecular weight is 454 g/mol. The number of carbonyl (C=O) groups excluding carboxylic acids is 2. The van der Waals surface area contributed by atoms with Crippen molar-refractivity contribution in [2.24, 2.45) is 5.41 Å². The molecule has 0 saturated heterocycles. The number of amides is 1. The minimum Gasteiger partial charge on any atom is -0.493 e. The van der Waals surface area contributed by atoms with Crippen LogP contribution in [-0.4, -0.2) is 33.0 Å². The summed E-state index contributed by atoms with van der Waals surface area (Å²) in [6, 6.07) is 9.50. The third kappa shape index (κ3) is 4.08. The standard InChI is InChI=1S/C26H28FNO5/c1-26(2)13-19-24(20(29)14-26)18(12-23(30)28(19)17-8-6-7-16(27)11-17)15-9-21(31-3)25(33-5)22(10-15)32-4/h6-11,18H,12-14H2,1-5H3. The first-order valence-electron chi connectivity index (χ1n) is 10.8. The highest BCUT2D eigenvalue weighted by Gasteiger charge is 2.44. The smallest absolute Gasteiger partial charge is 0.232 e. The molecule has 33 heavy (non-hydrogen) atoms. The van der Waals surface area contributed by atoms with Crippen molar-refractivity contribution in [1.82, 2.24) is 0 Å². The lowest BCUT2D eigenvalue weighted by Crippen LogP contribution is -2.43. The number of carbonyl (C=O) groups is 2. The number of ketones is 1. The van der Waals surface area contributed by atoms with Crippen LogP contribution < -0.4 is 19.1 Å². The van der Waals surface area contributed by atoms with E-state index in [1.807, 2.05) is 13.8 Å². The molecule has 0 aromatic heterocycles. The van der Waals surface area contributed by atoms with Crippen molar-refractivity contribution in [3.63, 3.8) is 0 Å². The molecule has 2 aromatic rings. The number of rotatable bonds is 5. The van der Waals surface area contributed by atoms with Gasteiger partial charge < -0.3 is 14.2 Å². The Morgan fingerprint density at radius 1 is 0.970 bits per heavy atom. The number of hydrogen-bond donors (Lipinski definition) is 0. The van der Waals surface area contributed by atoms with Crippen molar-refractivity contribution >= 4 is 17.4 Å². The van der Waals surface area contributed by atoms with Gasteiger partial charge >= 0.3 is 0 Å². The lowest BCUT2D eigenvalue weighted by Gasteiger charge is -2.43. The number of benzene rings is 2. The summed E-state index contributed by atoms with van der Waals surface area (Å²) in [5.41, 5.74) is 2.07. The molecule has 2 aromatic carbocycles. The van der Waals surface area contributed by atoms with Gasteiger partial charge in [-0.25, -0.2) is 4.39 Å². The number of methoxy groups -OCH3 is 3. The van der Waals surface area contributed by atoms with Gasteiger partial charge in [0.1, 0.15) is 5.82 Å². The number of allylic oxidation sites excluding steroid dienone is 2. The first-order chi connectivity index (χ1) is 15.7. The van der Waals surface area contributed by atoms with Crippen LogP contribution in [0.3, 0.4) is 0 Å². The summed E-state index contributed by atoms with van der Waals surface area (Å²) in [5, 5.41) is 0. The van der Waals surface area contributed by atoms with E-state index >= 15 is 0 Å². The molecule has 1 aliphatic heterocycles. The van der Waals surface area contributed by atoms with E-state index in [0.29, 0.717) is 47.0 Å². The summed E-state index contributed by atoms with van der Waals surface area (Å²) in [4.78, 5) is 28.4. The molecule has 1 unspecified atom stereocenters. The molecule has 6 nitrogen and oxygen atoms in total. The fourth-order valence-corrected chi connectivity index (χ4v) is 4.92. The molecule has 2 aliphatic rings. The zero-order valence-electron chi connectivity index (χ0n) is 19.5. The number of ether oxygens (including phenoxy) is 3. The fourth-order valence-electron chi connectivity index (χ4n) is 4.92. The molecule has 0 N–H and O–H groups in total. The zero-order chi connectivity index (χ0) is 23.9. The first-order valence-corrected chi connectivity index (χ1v) is 10.8. The van der Waals surface area contributed by atoms with Crippen LogP contribution in [0.15, 0.2) is 47.7 Å². The van der Waals surface area contributed by atoms with Gasteiger partial charge in [0.25, 0.3) is 0 Å². The zero-order valence-corrected chi connectivity index (χ0v) is 19.5. The number of hydrogen-bond acceptors (Lipinski definition) is 5. The summed E-state index contributed by atoms with van der Waals surface area (Å²) in [6.07, 6.45) is 0.968. The highest BCUT2D eigenvalue weighted by molar-refractivity contribution is 6.07. The second-order valence-corrected chi connectivity index (χ2v) is 9.23. The quantitative estimate of drug-likeness (QED) is 0.636. The third-order valence-corrected chi connectivity index (χ3v) is 6.30. The van der Waals surface area contributed by atoms with Crippen molar-refractivity contribution in [2.75, 3.05) is 26.2 Å². The van der Waals surface area contributed by atoms with Crippen LogP contribution >= 0.6 is 0 Å². The number of nitrogens with zero attached hydrogens (tertiary/aromatic N) is 1. The van der Waals surface area contributed by atoms with E-state index in [2.05, 4.69) is 0 Å². The van der Waals surface area contributed by atoms with Gasteiger partial charge in [-0.3, -0.25) is 14.5 Å². The summed E-state index contributed by atoms with van der Waals surface area (Å²) < 4.78 is 30.4. The fraction of sp³-hybridized carbons (Fsp3) is 0.385. The van der Waals surface area contributed by atoms with Gasteiger partial charge in [0, 0.05) is 30.0 Å². The molecule has 1 atom stereocenters. The first kappa shape index (κ1) is 22.8. The molecule has 7 heteroatoms. The molecule has 0 bridgehead atoms. The Morgan fingerprint density at radius 2 is 1.64 bits per heavy atom. The second-order valence-electron chi connectivity index (χ2n) is 9.23. The Kier molecular flexibility index (Phi) is 5.91. The summed E-state index contributed by atoms with van der Waals surface area (Å²) in [5.74, 6) is 0.260. The van der Waals surface area contributed by atoms with Crippen LogP contribution in [0, 0.1) is 11.2 Å². The SMILES string of the molecule is COc1cc(C2CC(=O)N(c3cccc(F)c3)C3=C2C(=O)CC(C)(C)C3)cc(OC)c1OC. The van der Waals surface area contributed by atoms with Crippen molar-refractivity contribution in [3.8, 4) is 17.2 Å². The predicted octanol–water partition coefficient (Wildman–Crippen LogP) is 5.02. The minimum absolute atomic E-state index is 0.00564. The lowest BCUT2D eigenvalue weighted by molar-refractivity contribution is -0.121. The van der Waals surface area contributed by atoms with E-state index in [1.165, 1.54) is 38.4 Å². The summed E-state index contributed by atoms with van der Waals surface area (Å²) in [6.45, 7) is 4.01. The van der Waals surface area contributed by atoms with E-state index < -0.39 is 11.7 Å². The molecule has 174 valence electrons. The minimum atomic E-state index is -0.463. The van der Waals surface area contributed by atoms with Gasteiger partial charge in [-0.05, 0) is 47.7 Å². The van der Waals surface area contributed by atoms with Gasteiger partial charge in [0.2, 0.25) is 11.7 Å². The normalized spacial score (nSPS) is 19.9. The van der Waals surface area contributed by atoms with E-state index in [0.717, 1.165) is 5.56 Å². The van der Waals surface area contributed by atoms with Crippen LogP contribution in [0.2, 0.25) is 0 Å². The van der Waals surface area contributed by atoms with Crippen LogP contribution in [-0.2, 0) is 9.59 Å². The van der Waals surface area contributed by atoms with Gasteiger partial charge in [-0.2, -0.15) is 0 Å². The summed E-state index contributed by atoms with van der Waals surface area (Å²) in [7, 11) is 4.57. The van der Waals surface area contributed by atoms with Crippen LogP contribution in [0.25, 0.3) is 0 Å². The van der Waals surface area contributed by atoms with Crippen LogP contribution in [0.5, 0.6) is 17.2 Å². The van der Waals surface area contributed by atoms with Crippen molar-refractivity contribution in [2.45, 2.75) is 39.0 Å². The molecule has 0 radical (unpaired) electrons. The van der Waals surface area contributed by atoms with Crippen molar-refractivity contribution in [3.05, 3.63) is 59.0 Å². The maximum absolute atomic E-state index is 14.0. The molecule has 0 saturated carbocycles. The summed E-state index contributed by atoms with van der Waals surface area (Å²) >= 11 is 0. The maximum Gasteiger partial charge on any atom is 0.232 e. The predicted molar refractivity (Wildman–Crippen MR) is 122 cm³/mol. The molecule has 1 heterocycles. The molecule has 0 spiro atoms. The molecule has 0 fully saturated rings. The maximum atomic E-state index is 14.0. The highest BCUT2D eigenvalue weighted by Crippen LogP contribution is 2.50. The van der Waals surface area contributed by atoms with Gasteiger partial charge in [0.15, 0.2) is 17.3 Å². The number of Topliss-reactive ketones (excluding diaryl/α,β-unsaturated/α-hetero) is 1. The molecular formula is C26H28FNO5. The Bertz CT molecular complexity index is 1130. The third-order valence-electron chi connectivity index (χ3n) is 6.30. The van der Waals surface area contributed by atoms with Crippen molar-refractivity contribution < 1.29 is 28.2 Å². The largest absolute Gasteiger partial charge is 0.493 e. The average Bonchev–Trinajstić information content (AvgIpc) is 2.76. The van der Waals surface area contributed by atoms with Gasteiger partial charge in [0.05, 0.1) is 27.0 Å². The molecule has 4 rings (SSSR count). The number of halogens is 1. The van der Waals surface area contributed by atoms with E-state index in [-0.39, 0.29) is 23.5 Å². The molecule has 1 aliphatic carbocycles. The second kappa shape index (κ2) is 8.54. The highest BCUT2D eigenvalue weighted by atomic mass is 19.1. The van der Waals surface area contributed by atoms with Crippen LogP contribution in [0.4, 0.5) is 10.1 Å². The van der Waals surface area contributed by atoms with E-state index in [9.17, 15) is 14.0 Å².